The number of urea groups is 1. The third-order valence-corrected chi connectivity index (χ3v) is 6.03. The Labute approximate surface area is 132 Å². The quantitative estimate of drug-likeness (QED) is 0.893. The van der Waals surface area contributed by atoms with Crippen LogP contribution in [0.25, 0.3) is 0 Å². The zero-order valence-electron chi connectivity index (χ0n) is 13.1. The Balaban J connectivity index is 1.94. The highest BCUT2D eigenvalue weighted by atomic mass is 32.2. The number of hydrogen-bond donors (Lipinski definition) is 2. The minimum Gasteiger partial charge on any atom is -0.335 e. The molecule has 2 N–H and O–H groups in total. The van der Waals surface area contributed by atoms with Gasteiger partial charge in [-0.25, -0.2) is 13.2 Å². The largest absolute Gasteiger partial charge is 0.335 e. The smallest absolute Gasteiger partial charge is 0.319 e. The van der Waals surface area contributed by atoms with E-state index in [-0.39, 0.29) is 22.7 Å². The second kappa shape index (κ2) is 7.13. The van der Waals surface area contributed by atoms with E-state index in [9.17, 15) is 13.2 Å². The highest BCUT2D eigenvalue weighted by molar-refractivity contribution is 7.91. The SMILES string of the molecule is CCS(=O)(=O)c1ccc(NC(=O)NC2CCCCC2C)cc1. The minimum absolute atomic E-state index is 0.0693. The molecule has 0 spiro atoms. The average molecular weight is 324 g/mol. The summed E-state index contributed by atoms with van der Waals surface area (Å²) in [5, 5.41) is 5.77. The Kier molecular flexibility index (Phi) is 5.45. The molecule has 1 saturated carbocycles. The third-order valence-electron chi connectivity index (χ3n) is 4.28. The van der Waals surface area contributed by atoms with Crippen molar-refractivity contribution < 1.29 is 13.2 Å². The number of nitrogens with one attached hydrogen (secondary N) is 2. The number of carbonyl (C=O) groups excluding carboxylic acids is 1. The highest BCUT2D eigenvalue weighted by Gasteiger charge is 2.22. The Hall–Kier alpha value is -1.56. The summed E-state index contributed by atoms with van der Waals surface area (Å²) in [4.78, 5) is 12.3. The zero-order chi connectivity index (χ0) is 16.2. The summed E-state index contributed by atoms with van der Waals surface area (Å²) < 4.78 is 23.5. The van der Waals surface area contributed by atoms with Gasteiger partial charge in [0.1, 0.15) is 0 Å². The van der Waals surface area contributed by atoms with Crippen LogP contribution in [0.4, 0.5) is 10.5 Å². The van der Waals surface area contributed by atoms with Crippen molar-refractivity contribution in [3.8, 4) is 0 Å². The fourth-order valence-corrected chi connectivity index (χ4v) is 3.66. The number of sulfone groups is 1. The van der Waals surface area contributed by atoms with Gasteiger partial charge in [-0.15, -0.1) is 0 Å². The molecule has 0 aliphatic heterocycles. The Morgan fingerprint density at radius 3 is 2.41 bits per heavy atom. The molecule has 1 aliphatic carbocycles. The summed E-state index contributed by atoms with van der Waals surface area (Å²) in [6.45, 7) is 3.77. The van der Waals surface area contributed by atoms with Gasteiger partial charge in [-0.3, -0.25) is 0 Å². The Morgan fingerprint density at radius 1 is 1.18 bits per heavy atom. The molecule has 0 bridgehead atoms. The number of rotatable bonds is 4. The molecule has 2 unspecified atom stereocenters. The van der Waals surface area contributed by atoms with E-state index >= 15 is 0 Å². The molecule has 2 rings (SSSR count). The van der Waals surface area contributed by atoms with Crippen LogP contribution in [0.5, 0.6) is 0 Å². The van der Waals surface area contributed by atoms with E-state index in [1.165, 1.54) is 18.6 Å². The fourth-order valence-electron chi connectivity index (χ4n) is 2.78. The van der Waals surface area contributed by atoms with Gasteiger partial charge in [0, 0.05) is 11.7 Å². The van der Waals surface area contributed by atoms with Crippen molar-refractivity contribution >= 4 is 21.6 Å². The summed E-state index contributed by atoms with van der Waals surface area (Å²) in [6.07, 6.45) is 4.55. The van der Waals surface area contributed by atoms with Gasteiger partial charge in [-0.05, 0) is 43.0 Å². The second-order valence-corrected chi connectivity index (χ2v) is 8.17. The molecule has 0 saturated heterocycles. The molecule has 122 valence electrons. The van der Waals surface area contributed by atoms with Gasteiger partial charge in [-0.1, -0.05) is 26.7 Å². The number of amides is 2. The fraction of sp³-hybridized carbons (Fsp3) is 0.562. The van der Waals surface area contributed by atoms with Crippen LogP contribution in [0.15, 0.2) is 29.2 Å². The monoisotopic (exact) mass is 324 g/mol. The summed E-state index contributed by atoms with van der Waals surface area (Å²) in [7, 11) is -3.20. The van der Waals surface area contributed by atoms with Gasteiger partial charge >= 0.3 is 6.03 Å². The van der Waals surface area contributed by atoms with Gasteiger partial charge < -0.3 is 10.6 Å². The van der Waals surface area contributed by atoms with Crippen molar-refractivity contribution in [2.45, 2.75) is 50.5 Å². The van der Waals surface area contributed by atoms with Crippen molar-refractivity contribution in [2.75, 3.05) is 11.1 Å². The van der Waals surface area contributed by atoms with Gasteiger partial charge in [0.05, 0.1) is 10.6 Å². The summed E-state index contributed by atoms with van der Waals surface area (Å²) in [5.41, 5.74) is 0.594. The van der Waals surface area contributed by atoms with E-state index in [1.54, 1.807) is 19.1 Å². The molecule has 1 fully saturated rings. The number of carbonyl (C=O) groups is 1. The summed E-state index contributed by atoms with van der Waals surface area (Å²) >= 11 is 0. The van der Waals surface area contributed by atoms with Crippen LogP contribution in [0, 0.1) is 5.92 Å². The van der Waals surface area contributed by atoms with Crippen LogP contribution in [-0.2, 0) is 9.84 Å². The maximum Gasteiger partial charge on any atom is 0.319 e. The highest BCUT2D eigenvalue weighted by Crippen LogP contribution is 2.23. The molecule has 1 aliphatic rings. The third kappa shape index (κ3) is 4.22. The van der Waals surface area contributed by atoms with Crippen molar-refractivity contribution in [1.29, 1.82) is 0 Å². The van der Waals surface area contributed by atoms with Crippen LogP contribution in [0.3, 0.4) is 0 Å². The van der Waals surface area contributed by atoms with Crippen molar-refractivity contribution in [3.63, 3.8) is 0 Å². The topological polar surface area (TPSA) is 75.3 Å². The van der Waals surface area contributed by atoms with Gasteiger partial charge in [0.25, 0.3) is 0 Å². The predicted octanol–water partition coefficient (Wildman–Crippen LogP) is 3.18. The van der Waals surface area contributed by atoms with Crippen LogP contribution < -0.4 is 10.6 Å². The van der Waals surface area contributed by atoms with Crippen molar-refractivity contribution in [1.82, 2.24) is 5.32 Å². The first-order valence-electron chi connectivity index (χ1n) is 7.82. The Bertz CT molecular complexity index is 611. The first-order chi connectivity index (χ1) is 10.4. The molecule has 6 heteroatoms. The molecule has 2 amide bonds. The zero-order valence-corrected chi connectivity index (χ0v) is 13.9. The molecule has 0 aromatic heterocycles. The van der Waals surface area contributed by atoms with Crippen LogP contribution in [0.1, 0.15) is 39.5 Å². The van der Waals surface area contributed by atoms with E-state index in [4.69, 9.17) is 0 Å². The molecule has 1 aromatic carbocycles. The van der Waals surface area contributed by atoms with E-state index in [0.717, 1.165) is 19.3 Å². The molecular formula is C16H24N2O3S. The van der Waals surface area contributed by atoms with Gasteiger partial charge in [0.2, 0.25) is 0 Å². The van der Waals surface area contributed by atoms with Crippen LogP contribution in [0.2, 0.25) is 0 Å². The van der Waals surface area contributed by atoms with Crippen LogP contribution >= 0.6 is 0 Å². The maximum atomic E-state index is 12.0. The summed E-state index contributed by atoms with van der Waals surface area (Å²) in [5.74, 6) is 0.566. The van der Waals surface area contributed by atoms with E-state index < -0.39 is 9.84 Å². The van der Waals surface area contributed by atoms with Gasteiger partial charge in [-0.2, -0.15) is 0 Å². The number of anilines is 1. The van der Waals surface area contributed by atoms with E-state index in [0.29, 0.717) is 11.6 Å². The first kappa shape index (κ1) is 16.8. The van der Waals surface area contributed by atoms with E-state index in [1.807, 2.05) is 0 Å². The minimum atomic E-state index is -3.20. The number of benzene rings is 1. The normalized spacial score (nSPS) is 22.1. The lowest BCUT2D eigenvalue weighted by molar-refractivity contribution is 0.232. The summed E-state index contributed by atoms with van der Waals surface area (Å²) in [6, 6.07) is 6.27. The standard InChI is InChI=1S/C16H24N2O3S/c1-3-22(20,21)14-10-8-13(9-11-14)17-16(19)18-15-7-5-4-6-12(15)2/h8-12,15H,3-7H2,1-2H3,(H2,17,18,19). The molecule has 2 atom stereocenters. The first-order valence-corrected chi connectivity index (χ1v) is 9.48. The molecular weight excluding hydrogens is 300 g/mol. The number of hydrogen-bond acceptors (Lipinski definition) is 3. The maximum absolute atomic E-state index is 12.0. The predicted molar refractivity (Wildman–Crippen MR) is 87.7 cm³/mol. The molecule has 22 heavy (non-hydrogen) atoms. The second-order valence-electron chi connectivity index (χ2n) is 5.89. The lowest BCUT2D eigenvalue weighted by atomic mass is 9.86. The molecule has 5 nitrogen and oxygen atoms in total. The van der Waals surface area contributed by atoms with Gasteiger partial charge in [0.15, 0.2) is 9.84 Å². The van der Waals surface area contributed by atoms with E-state index in [2.05, 4.69) is 17.6 Å². The molecule has 0 radical (unpaired) electrons. The molecule has 0 heterocycles. The van der Waals surface area contributed by atoms with Crippen molar-refractivity contribution in [2.24, 2.45) is 5.92 Å². The van der Waals surface area contributed by atoms with Crippen molar-refractivity contribution in [3.05, 3.63) is 24.3 Å². The average Bonchev–Trinajstić information content (AvgIpc) is 2.50. The molecule has 1 aromatic rings. The lowest BCUT2D eigenvalue weighted by Crippen LogP contribution is -2.43. The Morgan fingerprint density at radius 2 is 1.82 bits per heavy atom. The van der Waals surface area contributed by atoms with Crippen LogP contribution in [-0.4, -0.2) is 26.2 Å². The lowest BCUT2D eigenvalue weighted by Gasteiger charge is -2.29.